The average molecular weight is 171 g/mol. The quantitative estimate of drug-likeness (QED) is 0.675. The van der Waals surface area contributed by atoms with Gasteiger partial charge in [0.25, 0.3) is 0 Å². The van der Waals surface area contributed by atoms with Crippen molar-refractivity contribution in [3.8, 4) is 0 Å². The van der Waals surface area contributed by atoms with Crippen LogP contribution >= 0.6 is 0 Å². The van der Waals surface area contributed by atoms with Crippen LogP contribution in [0, 0.1) is 5.92 Å². The van der Waals surface area contributed by atoms with Gasteiger partial charge in [0.15, 0.2) is 0 Å². The van der Waals surface area contributed by atoms with Crippen molar-refractivity contribution >= 4 is 0 Å². The van der Waals surface area contributed by atoms with E-state index >= 15 is 0 Å². The zero-order valence-corrected chi connectivity index (χ0v) is 8.27. The Morgan fingerprint density at radius 1 is 1.50 bits per heavy atom. The third-order valence-electron chi connectivity index (χ3n) is 3.15. The highest BCUT2D eigenvalue weighted by Crippen LogP contribution is 2.35. The number of nitrogens with one attached hydrogen (secondary N) is 1. The molecule has 1 aliphatic rings. The van der Waals surface area contributed by atoms with Crippen molar-refractivity contribution in [3.05, 3.63) is 0 Å². The second-order valence-electron chi connectivity index (χ2n) is 3.98. The predicted octanol–water partition coefficient (Wildman–Crippen LogP) is 1.54. The van der Waals surface area contributed by atoms with Gasteiger partial charge in [-0.05, 0) is 25.8 Å². The van der Waals surface area contributed by atoms with E-state index in [-0.39, 0.29) is 0 Å². The second-order valence-corrected chi connectivity index (χ2v) is 3.98. The van der Waals surface area contributed by atoms with Gasteiger partial charge in [-0.3, -0.25) is 0 Å². The van der Waals surface area contributed by atoms with Crippen LogP contribution in [0.4, 0.5) is 0 Å². The minimum absolute atomic E-state index is 0.415. The van der Waals surface area contributed by atoms with Gasteiger partial charge in [0.05, 0.1) is 5.60 Å². The molecule has 0 aromatic carbocycles. The van der Waals surface area contributed by atoms with Gasteiger partial charge >= 0.3 is 0 Å². The van der Waals surface area contributed by atoms with Gasteiger partial charge in [0.1, 0.15) is 0 Å². The van der Waals surface area contributed by atoms with Crippen molar-refractivity contribution < 1.29 is 5.11 Å². The lowest BCUT2D eigenvalue weighted by Gasteiger charge is -2.39. The first kappa shape index (κ1) is 10.0. The standard InChI is InChI=1S/C10H21NO/c1-3-9-6-4-5-7-10(9,12)8-11-2/h9,11-12H,3-8H2,1-2H3. The topological polar surface area (TPSA) is 32.3 Å². The fourth-order valence-electron chi connectivity index (χ4n) is 2.42. The first-order valence-electron chi connectivity index (χ1n) is 5.10. The molecule has 0 aliphatic heterocycles. The number of hydrogen-bond donors (Lipinski definition) is 2. The SMILES string of the molecule is CCC1CCCCC1(O)CNC. The molecule has 2 nitrogen and oxygen atoms in total. The molecule has 2 unspecified atom stereocenters. The van der Waals surface area contributed by atoms with E-state index in [1.165, 1.54) is 19.3 Å². The second kappa shape index (κ2) is 4.24. The molecule has 0 radical (unpaired) electrons. The van der Waals surface area contributed by atoms with Crippen LogP contribution in [0.15, 0.2) is 0 Å². The molecule has 72 valence electrons. The van der Waals surface area contributed by atoms with E-state index < -0.39 is 5.60 Å². The van der Waals surface area contributed by atoms with Crippen molar-refractivity contribution in [2.24, 2.45) is 5.92 Å². The highest BCUT2D eigenvalue weighted by molar-refractivity contribution is 4.90. The zero-order chi connectivity index (χ0) is 9.03. The van der Waals surface area contributed by atoms with E-state index in [0.717, 1.165) is 19.4 Å². The van der Waals surface area contributed by atoms with E-state index in [0.29, 0.717) is 5.92 Å². The molecule has 1 saturated carbocycles. The molecule has 2 N–H and O–H groups in total. The molecule has 1 fully saturated rings. The smallest absolute Gasteiger partial charge is 0.0799 e. The minimum atomic E-state index is -0.415. The van der Waals surface area contributed by atoms with Crippen LogP contribution in [0.1, 0.15) is 39.0 Å². The van der Waals surface area contributed by atoms with Gasteiger partial charge in [-0.25, -0.2) is 0 Å². The Morgan fingerprint density at radius 3 is 2.83 bits per heavy atom. The molecule has 0 amide bonds. The Balaban J connectivity index is 2.55. The third-order valence-corrected chi connectivity index (χ3v) is 3.15. The summed E-state index contributed by atoms with van der Waals surface area (Å²) in [4.78, 5) is 0. The normalized spacial score (nSPS) is 36.8. The zero-order valence-electron chi connectivity index (χ0n) is 8.27. The molecular weight excluding hydrogens is 150 g/mol. The summed E-state index contributed by atoms with van der Waals surface area (Å²) in [6.07, 6.45) is 5.78. The Kier molecular flexibility index (Phi) is 3.53. The third kappa shape index (κ3) is 1.99. The highest BCUT2D eigenvalue weighted by Gasteiger charge is 2.36. The fraction of sp³-hybridized carbons (Fsp3) is 1.00. The molecule has 0 bridgehead atoms. The van der Waals surface area contributed by atoms with Crippen LogP contribution in [0.5, 0.6) is 0 Å². The summed E-state index contributed by atoms with van der Waals surface area (Å²) in [7, 11) is 1.92. The maximum atomic E-state index is 10.3. The molecule has 0 aromatic heterocycles. The van der Waals surface area contributed by atoms with Crippen LogP contribution in [0.3, 0.4) is 0 Å². The average Bonchev–Trinajstić information content (AvgIpc) is 2.05. The lowest BCUT2D eigenvalue weighted by molar-refractivity contribution is -0.0466. The summed E-state index contributed by atoms with van der Waals surface area (Å²) >= 11 is 0. The molecule has 1 rings (SSSR count). The molecule has 2 atom stereocenters. The first-order chi connectivity index (χ1) is 5.73. The van der Waals surface area contributed by atoms with E-state index in [9.17, 15) is 5.11 Å². The van der Waals surface area contributed by atoms with Crippen molar-refractivity contribution in [1.82, 2.24) is 5.32 Å². The van der Waals surface area contributed by atoms with Gasteiger partial charge in [-0.15, -0.1) is 0 Å². The van der Waals surface area contributed by atoms with Crippen molar-refractivity contribution in [2.45, 2.75) is 44.6 Å². The molecule has 0 spiro atoms. The summed E-state index contributed by atoms with van der Waals surface area (Å²) in [5.74, 6) is 0.513. The van der Waals surface area contributed by atoms with E-state index in [4.69, 9.17) is 0 Å². The van der Waals surface area contributed by atoms with Gasteiger partial charge in [0, 0.05) is 6.54 Å². The van der Waals surface area contributed by atoms with Crippen LogP contribution in [-0.4, -0.2) is 24.3 Å². The first-order valence-corrected chi connectivity index (χ1v) is 5.10. The van der Waals surface area contributed by atoms with Crippen LogP contribution < -0.4 is 5.32 Å². The summed E-state index contributed by atoms with van der Waals surface area (Å²) in [6, 6.07) is 0. The van der Waals surface area contributed by atoms with Crippen LogP contribution in [-0.2, 0) is 0 Å². The molecule has 2 heteroatoms. The highest BCUT2D eigenvalue weighted by atomic mass is 16.3. The minimum Gasteiger partial charge on any atom is -0.388 e. The Morgan fingerprint density at radius 2 is 2.25 bits per heavy atom. The molecule has 12 heavy (non-hydrogen) atoms. The summed E-state index contributed by atoms with van der Waals surface area (Å²) in [5.41, 5.74) is -0.415. The van der Waals surface area contributed by atoms with Crippen LogP contribution in [0.2, 0.25) is 0 Å². The largest absolute Gasteiger partial charge is 0.388 e. The number of rotatable bonds is 3. The Bertz CT molecular complexity index is 134. The maximum absolute atomic E-state index is 10.3. The number of likely N-dealkylation sites (N-methyl/N-ethyl adjacent to an activating group) is 1. The summed E-state index contributed by atoms with van der Waals surface area (Å²) in [5, 5.41) is 13.4. The Hall–Kier alpha value is -0.0800. The number of hydrogen-bond acceptors (Lipinski definition) is 2. The molecule has 1 aliphatic carbocycles. The van der Waals surface area contributed by atoms with Crippen molar-refractivity contribution in [3.63, 3.8) is 0 Å². The van der Waals surface area contributed by atoms with Gasteiger partial charge in [-0.2, -0.15) is 0 Å². The Labute approximate surface area is 75.4 Å². The van der Waals surface area contributed by atoms with Crippen LogP contribution in [0.25, 0.3) is 0 Å². The summed E-state index contributed by atoms with van der Waals surface area (Å²) < 4.78 is 0. The van der Waals surface area contributed by atoms with Crippen molar-refractivity contribution in [1.29, 1.82) is 0 Å². The molecule has 0 aromatic rings. The van der Waals surface area contributed by atoms with Gasteiger partial charge in [-0.1, -0.05) is 26.2 Å². The molecule has 0 heterocycles. The number of aliphatic hydroxyl groups is 1. The monoisotopic (exact) mass is 171 g/mol. The lowest BCUT2D eigenvalue weighted by atomic mass is 9.74. The molecular formula is C10H21NO. The maximum Gasteiger partial charge on any atom is 0.0799 e. The lowest BCUT2D eigenvalue weighted by Crippen LogP contribution is -2.47. The molecule has 0 saturated heterocycles. The summed E-state index contributed by atoms with van der Waals surface area (Å²) in [6.45, 7) is 2.93. The predicted molar refractivity (Wildman–Crippen MR) is 51.1 cm³/mol. The van der Waals surface area contributed by atoms with E-state index in [1.54, 1.807) is 0 Å². The van der Waals surface area contributed by atoms with Gasteiger partial charge in [0.2, 0.25) is 0 Å². The van der Waals surface area contributed by atoms with Gasteiger partial charge < -0.3 is 10.4 Å². The van der Waals surface area contributed by atoms with E-state index in [1.807, 2.05) is 7.05 Å². The fourth-order valence-corrected chi connectivity index (χ4v) is 2.42. The van der Waals surface area contributed by atoms with Crippen molar-refractivity contribution in [2.75, 3.05) is 13.6 Å². The van der Waals surface area contributed by atoms with E-state index in [2.05, 4.69) is 12.2 Å².